The largest absolute Gasteiger partial charge is 0.399 e. The molecule has 2 rings (SSSR count). The van der Waals surface area contributed by atoms with E-state index in [-0.39, 0.29) is 0 Å². The molecule has 2 nitrogen and oxygen atoms in total. The molecule has 15 heavy (non-hydrogen) atoms. The Morgan fingerprint density at radius 2 is 2.27 bits per heavy atom. The zero-order valence-corrected chi connectivity index (χ0v) is 10.9. The van der Waals surface area contributed by atoms with Gasteiger partial charge in [-0.15, -0.1) is 11.6 Å². The van der Waals surface area contributed by atoms with Gasteiger partial charge in [0.15, 0.2) is 0 Å². The molecule has 1 saturated heterocycles. The van der Waals surface area contributed by atoms with Gasteiger partial charge < -0.3 is 4.84 Å². The van der Waals surface area contributed by atoms with Crippen molar-refractivity contribution in [2.75, 3.05) is 7.11 Å². The number of oxime groups is 1. The van der Waals surface area contributed by atoms with E-state index in [0.717, 1.165) is 24.5 Å². The summed E-state index contributed by atoms with van der Waals surface area (Å²) >= 11 is 8.34. The van der Waals surface area contributed by atoms with Crippen LogP contribution in [-0.2, 0) is 4.84 Å². The first-order chi connectivity index (χ1) is 7.20. The summed E-state index contributed by atoms with van der Waals surface area (Å²) in [6.45, 7) is 2.28. The van der Waals surface area contributed by atoms with Gasteiger partial charge in [0.1, 0.15) is 7.11 Å². The molecule has 0 bridgehead atoms. The quantitative estimate of drug-likeness (QED) is 0.524. The molecule has 0 aromatic heterocycles. The molecule has 0 spiro atoms. The van der Waals surface area contributed by atoms with E-state index in [0.29, 0.717) is 16.5 Å². The van der Waals surface area contributed by atoms with Crippen molar-refractivity contribution in [1.29, 1.82) is 0 Å². The number of halogens is 1. The van der Waals surface area contributed by atoms with Crippen molar-refractivity contribution in [3.05, 3.63) is 0 Å². The van der Waals surface area contributed by atoms with Crippen LogP contribution in [-0.4, -0.2) is 28.7 Å². The van der Waals surface area contributed by atoms with Gasteiger partial charge in [-0.1, -0.05) is 12.1 Å². The molecular weight excluding hydrogens is 230 g/mol. The fourth-order valence-corrected chi connectivity index (χ4v) is 4.53. The zero-order chi connectivity index (χ0) is 10.8. The summed E-state index contributed by atoms with van der Waals surface area (Å²) in [5.41, 5.74) is 1.24. The van der Waals surface area contributed by atoms with Crippen molar-refractivity contribution in [3.63, 3.8) is 0 Å². The molecule has 1 aliphatic heterocycles. The second-order valence-corrected chi connectivity index (χ2v) is 6.77. The number of hydrogen-bond acceptors (Lipinski definition) is 3. The van der Waals surface area contributed by atoms with E-state index in [1.807, 2.05) is 0 Å². The van der Waals surface area contributed by atoms with Crippen molar-refractivity contribution in [2.24, 2.45) is 11.1 Å². The number of nitrogens with zero attached hydrogens (tertiary/aromatic N) is 1. The van der Waals surface area contributed by atoms with E-state index in [9.17, 15) is 0 Å². The maximum atomic E-state index is 6.23. The fraction of sp³-hybridized carbons (Fsp3) is 0.909. The summed E-state index contributed by atoms with van der Waals surface area (Å²) < 4.78 is 0. The second kappa shape index (κ2) is 4.96. The molecule has 86 valence electrons. The third-order valence-corrected chi connectivity index (χ3v) is 5.20. The van der Waals surface area contributed by atoms with Crippen LogP contribution in [0.25, 0.3) is 0 Å². The Morgan fingerprint density at radius 3 is 3.00 bits per heavy atom. The third kappa shape index (κ3) is 2.62. The monoisotopic (exact) mass is 247 g/mol. The Bertz CT molecular complexity index is 259. The van der Waals surface area contributed by atoms with Gasteiger partial charge >= 0.3 is 0 Å². The first kappa shape index (κ1) is 11.6. The molecule has 0 amide bonds. The Hall–Kier alpha value is 0.110. The lowest BCUT2D eigenvalue weighted by Crippen LogP contribution is -2.39. The number of fused-ring (bicyclic) bond motifs is 1. The van der Waals surface area contributed by atoms with Gasteiger partial charge in [-0.25, -0.2) is 0 Å². The van der Waals surface area contributed by atoms with Gasteiger partial charge in [-0.05, 0) is 19.3 Å². The Labute approximate surface area is 101 Å². The minimum absolute atomic E-state index is 0.335. The van der Waals surface area contributed by atoms with Gasteiger partial charge in [-0.3, -0.25) is 0 Å². The number of rotatable bonds is 1. The van der Waals surface area contributed by atoms with Crippen molar-refractivity contribution in [2.45, 2.75) is 48.5 Å². The molecule has 4 unspecified atom stereocenters. The van der Waals surface area contributed by atoms with Crippen LogP contribution in [0, 0.1) is 5.92 Å². The average Bonchev–Trinajstić information content (AvgIpc) is 2.19. The third-order valence-electron chi connectivity index (χ3n) is 3.26. The molecular formula is C11H18ClNOS. The normalized spacial score (nSPS) is 43.8. The van der Waals surface area contributed by atoms with Crippen LogP contribution in [0.1, 0.15) is 32.6 Å². The lowest BCUT2D eigenvalue weighted by atomic mass is 9.83. The molecule has 1 saturated carbocycles. The average molecular weight is 248 g/mol. The van der Waals surface area contributed by atoms with Crippen LogP contribution in [0.2, 0.25) is 0 Å². The van der Waals surface area contributed by atoms with E-state index in [2.05, 4.69) is 23.8 Å². The highest BCUT2D eigenvalue weighted by Crippen LogP contribution is 2.43. The summed E-state index contributed by atoms with van der Waals surface area (Å²) in [5, 5.41) is 5.93. The molecule has 2 aliphatic rings. The minimum atomic E-state index is 0.335. The molecule has 1 aliphatic carbocycles. The summed E-state index contributed by atoms with van der Waals surface area (Å²) in [6, 6.07) is 0. The maximum Gasteiger partial charge on any atom is 0.106 e. The first-order valence-electron chi connectivity index (χ1n) is 5.60. The smallest absolute Gasteiger partial charge is 0.106 e. The lowest BCUT2D eigenvalue weighted by molar-refractivity contribution is 0.208. The van der Waals surface area contributed by atoms with E-state index in [1.54, 1.807) is 7.11 Å². The molecule has 4 heteroatoms. The molecule has 0 aromatic carbocycles. The predicted octanol–water partition coefficient (Wildman–Crippen LogP) is 3.29. The van der Waals surface area contributed by atoms with Gasteiger partial charge in [0.25, 0.3) is 0 Å². The molecule has 2 fully saturated rings. The van der Waals surface area contributed by atoms with Crippen molar-refractivity contribution < 1.29 is 4.84 Å². The zero-order valence-electron chi connectivity index (χ0n) is 9.28. The topological polar surface area (TPSA) is 21.6 Å². The van der Waals surface area contributed by atoms with Gasteiger partial charge in [0, 0.05) is 28.2 Å². The molecule has 1 heterocycles. The summed E-state index contributed by atoms with van der Waals surface area (Å²) in [7, 11) is 1.63. The van der Waals surface area contributed by atoms with Crippen LogP contribution in [0.5, 0.6) is 0 Å². The maximum absolute atomic E-state index is 6.23. The standard InChI is InChI=1S/C11H18ClNOS/c1-7-5-10(13-14-2)9-6-8(12)3-4-11(9)15-7/h7-9,11H,3-6H2,1-2H3/b13-10+. The Kier molecular flexibility index (Phi) is 3.83. The van der Waals surface area contributed by atoms with Crippen LogP contribution in [0.15, 0.2) is 5.16 Å². The van der Waals surface area contributed by atoms with Crippen molar-refractivity contribution >= 4 is 29.1 Å². The Morgan fingerprint density at radius 1 is 1.47 bits per heavy atom. The summed E-state index contributed by atoms with van der Waals surface area (Å²) in [5.74, 6) is 0.558. The van der Waals surface area contributed by atoms with Crippen molar-refractivity contribution in [3.8, 4) is 0 Å². The number of alkyl halides is 1. The van der Waals surface area contributed by atoms with E-state index in [1.165, 1.54) is 12.1 Å². The molecule has 0 radical (unpaired) electrons. The van der Waals surface area contributed by atoms with E-state index >= 15 is 0 Å². The van der Waals surface area contributed by atoms with E-state index < -0.39 is 0 Å². The van der Waals surface area contributed by atoms with Crippen molar-refractivity contribution in [1.82, 2.24) is 0 Å². The predicted molar refractivity (Wildman–Crippen MR) is 66.9 cm³/mol. The van der Waals surface area contributed by atoms with Crippen LogP contribution in [0.3, 0.4) is 0 Å². The number of hydrogen-bond donors (Lipinski definition) is 0. The minimum Gasteiger partial charge on any atom is -0.399 e. The molecule has 0 aromatic rings. The highest BCUT2D eigenvalue weighted by atomic mass is 35.5. The van der Waals surface area contributed by atoms with Gasteiger partial charge in [0.2, 0.25) is 0 Å². The Balaban J connectivity index is 2.12. The van der Waals surface area contributed by atoms with E-state index in [4.69, 9.17) is 16.4 Å². The summed E-state index contributed by atoms with van der Waals surface area (Å²) in [6.07, 6.45) is 4.52. The van der Waals surface area contributed by atoms with Crippen LogP contribution >= 0.6 is 23.4 Å². The lowest BCUT2D eigenvalue weighted by Gasteiger charge is -2.39. The number of thioether (sulfide) groups is 1. The highest BCUT2D eigenvalue weighted by Gasteiger charge is 2.38. The highest BCUT2D eigenvalue weighted by molar-refractivity contribution is 8.00. The SMILES string of the molecule is CO/N=C1\CC(C)SC2CCC(Cl)CC12. The summed E-state index contributed by atoms with van der Waals surface area (Å²) in [4.78, 5) is 4.95. The molecule has 4 atom stereocenters. The fourth-order valence-electron chi connectivity index (χ4n) is 2.62. The van der Waals surface area contributed by atoms with Gasteiger partial charge in [0.05, 0.1) is 5.71 Å². The second-order valence-electron chi connectivity index (χ2n) is 4.47. The van der Waals surface area contributed by atoms with Gasteiger partial charge in [-0.2, -0.15) is 11.8 Å². The van der Waals surface area contributed by atoms with Crippen LogP contribution in [0.4, 0.5) is 0 Å². The van der Waals surface area contributed by atoms with Crippen LogP contribution < -0.4 is 0 Å². The first-order valence-corrected chi connectivity index (χ1v) is 6.98. The molecule has 0 N–H and O–H groups in total.